The number of nitriles is 2. The largest absolute Gasteiger partial charge is 0.397 e. The highest BCUT2D eigenvalue weighted by Gasteiger charge is 2.29. The minimum Gasteiger partial charge on any atom is -0.397 e. The summed E-state index contributed by atoms with van der Waals surface area (Å²) >= 11 is 0. The Morgan fingerprint density at radius 3 is 2.56 bits per heavy atom. The van der Waals surface area contributed by atoms with Gasteiger partial charge < -0.3 is 21.5 Å². The SMILES string of the molecule is N#CNC1=NC(c2ccc(COCC3CCCCC3)cc2)c2c(nc(N)c(C#N)c2N)N1. The van der Waals surface area contributed by atoms with Crippen molar-refractivity contribution >= 4 is 23.3 Å². The summed E-state index contributed by atoms with van der Waals surface area (Å²) < 4.78 is 5.95. The highest BCUT2D eigenvalue weighted by atomic mass is 16.5. The number of nitrogens with one attached hydrogen (secondary N) is 2. The lowest BCUT2D eigenvalue weighted by Gasteiger charge is -2.26. The molecule has 1 unspecified atom stereocenters. The first-order valence-electron chi connectivity index (χ1n) is 10.8. The molecule has 32 heavy (non-hydrogen) atoms. The molecule has 0 saturated heterocycles. The van der Waals surface area contributed by atoms with E-state index in [2.05, 4.69) is 20.6 Å². The Bertz CT molecular complexity index is 1090. The van der Waals surface area contributed by atoms with Crippen LogP contribution >= 0.6 is 0 Å². The molecule has 1 aromatic carbocycles. The Kier molecular flexibility index (Phi) is 6.39. The number of nitrogen functional groups attached to an aromatic ring is 2. The van der Waals surface area contributed by atoms with E-state index in [-0.39, 0.29) is 23.0 Å². The molecule has 1 aliphatic carbocycles. The maximum absolute atomic E-state index is 9.43. The number of benzene rings is 1. The topological polar surface area (TPSA) is 158 Å². The second-order valence-electron chi connectivity index (χ2n) is 8.16. The Labute approximate surface area is 187 Å². The summed E-state index contributed by atoms with van der Waals surface area (Å²) in [5.74, 6) is 1.31. The molecule has 1 aromatic heterocycles. The van der Waals surface area contributed by atoms with Crippen LogP contribution in [-0.4, -0.2) is 17.6 Å². The number of nitrogens with two attached hydrogens (primary N) is 2. The molecule has 0 bridgehead atoms. The highest BCUT2D eigenvalue weighted by molar-refractivity contribution is 5.98. The second kappa shape index (κ2) is 9.54. The van der Waals surface area contributed by atoms with Crippen molar-refractivity contribution in [2.45, 2.75) is 44.8 Å². The molecule has 164 valence electrons. The van der Waals surface area contributed by atoms with Crippen LogP contribution in [0.3, 0.4) is 0 Å². The predicted molar refractivity (Wildman–Crippen MR) is 122 cm³/mol. The number of aromatic nitrogens is 1. The number of hydrogen-bond donors (Lipinski definition) is 4. The van der Waals surface area contributed by atoms with Crippen molar-refractivity contribution in [3.05, 3.63) is 46.5 Å². The normalized spacial score (nSPS) is 17.9. The average Bonchev–Trinajstić information content (AvgIpc) is 2.80. The maximum atomic E-state index is 9.43. The molecule has 2 aliphatic rings. The summed E-state index contributed by atoms with van der Waals surface area (Å²) in [6.45, 7) is 1.36. The zero-order valence-electron chi connectivity index (χ0n) is 17.8. The van der Waals surface area contributed by atoms with Crippen LogP contribution in [0.15, 0.2) is 29.3 Å². The van der Waals surface area contributed by atoms with Gasteiger partial charge in [-0.05, 0) is 29.9 Å². The zero-order chi connectivity index (χ0) is 22.5. The molecule has 2 heterocycles. The van der Waals surface area contributed by atoms with E-state index in [4.69, 9.17) is 21.5 Å². The van der Waals surface area contributed by atoms with Gasteiger partial charge in [-0.15, -0.1) is 0 Å². The fourth-order valence-corrected chi connectivity index (χ4v) is 4.32. The van der Waals surface area contributed by atoms with Crippen LogP contribution in [0, 0.1) is 28.7 Å². The van der Waals surface area contributed by atoms with Crippen molar-refractivity contribution in [2.24, 2.45) is 10.9 Å². The third-order valence-corrected chi connectivity index (χ3v) is 6.00. The lowest BCUT2D eigenvalue weighted by atomic mass is 9.90. The van der Waals surface area contributed by atoms with Gasteiger partial charge in [-0.3, -0.25) is 5.32 Å². The molecule has 0 radical (unpaired) electrons. The molecule has 9 nitrogen and oxygen atoms in total. The van der Waals surface area contributed by atoms with Crippen LogP contribution in [0.1, 0.15) is 60.4 Å². The molecule has 2 aromatic rings. The molecule has 1 aliphatic heterocycles. The Balaban J connectivity index is 1.55. The van der Waals surface area contributed by atoms with E-state index in [0.717, 1.165) is 17.7 Å². The van der Waals surface area contributed by atoms with Gasteiger partial charge in [-0.1, -0.05) is 43.5 Å². The molecule has 0 spiro atoms. The number of hydrogen-bond acceptors (Lipinski definition) is 9. The molecule has 0 amide bonds. The third-order valence-electron chi connectivity index (χ3n) is 6.00. The van der Waals surface area contributed by atoms with E-state index >= 15 is 0 Å². The molecule has 4 rings (SSSR count). The first-order chi connectivity index (χ1) is 15.6. The van der Waals surface area contributed by atoms with Gasteiger partial charge in [0.1, 0.15) is 29.3 Å². The molecule has 1 fully saturated rings. The Morgan fingerprint density at radius 2 is 1.88 bits per heavy atom. The van der Waals surface area contributed by atoms with Gasteiger partial charge in [0.15, 0.2) is 6.19 Å². The number of pyridine rings is 1. The van der Waals surface area contributed by atoms with E-state index in [1.54, 1.807) is 0 Å². The first-order valence-corrected chi connectivity index (χ1v) is 10.8. The van der Waals surface area contributed by atoms with E-state index in [9.17, 15) is 5.26 Å². The Hall–Kier alpha value is -3.82. The first kappa shape index (κ1) is 21.4. The second-order valence-corrected chi connectivity index (χ2v) is 8.16. The third kappa shape index (κ3) is 4.43. The zero-order valence-corrected chi connectivity index (χ0v) is 17.8. The van der Waals surface area contributed by atoms with Gasteiger partial charge in [0.25, 0.3) is 0 Å². The molecule has 9 heteroatoms. The summed E-state index contributed by atoms with van der Waals surface area (Å²) in [5.41, 5.74) is 15.0. The minimum absolute atomic E-state index is 0.0265. The molecule has 6 N–H and O–H groups in total. The van der Waals surface area contributed by atoms with Crippen molar-refractivity contribution in [3.8, 4) is 12.3 Å². The van der Waals surface area contributed by atoms with E-state index < -0.39 is 6.04 Å². The fraction of sp³-hybridized carbons (Fsp3) is 0.391. The summed E-state index contributed by atoms with van der Waals surface area (Å²) in [7, 11) is 0. The summed E-state index contributed by atoms with van der Waals surface area (Å²) in [4.78, 5) is 8.84. The Morgan fingerprint density at radius 1 is 1.12 bits per heavy atom. The number of rotatable bonds is 5. The van der Waals surface area contributed by atoms with Crippen LogP contribution in [-0.2, 0) is 11.3 Å². The lowest BCUT2D eigenvalue weighted by Crippen LogP contribution is -2.32. The van der Waals surface area contributed by atoms with Crippen LogP contribution in [0.2, 0.25) is 0 Å². The summed E-state index contributed by atoms with van der Waals surface area (Å²) in [6.07, 6.45) is 8.32. The van der Waals surface area contributed by atoms with E-state index in [1.165, 1.54) is 32.1 Å². The molecular formula is C23H26N8O. The number of nitrogens with zero attached hydrogens (tertiary/aromatic N) is 4. The van der Waals surface area contributed by atoms with Gasteiger partial charge in [0, 0.05) is 12.2 Å². The van der Waals surface area contributed by atoms with Crippen LogP contribution in [0.5, 0.6) is 0 Å². The van der Waals surface area contributed by atoms with Crippen molar-refractivity contribution < 1.29 is 4.74 Å². The van der Waals surface area contributed by atoms with Gasteiger partial charge in [-0.2, -0.15) is 10.5 Å². The van der Waals surface area contributed by atoms with Crippen molar-refractivity contribution in [2.75, 3.05) is 23.4 Å². The van der Waals surface area contributed by atoms with Gasteiger partial charge >= 0.3 is 0 Å². The van der Waals surface area contributed by atoms with Crippen molar-refractivity contribution in [1.29, 1.82) is 10.5 Å². The molecular weight excluding hydrogens is 404 g/mol. The van der Waals surface area contributed by atoms with E-state index in [1.807, 2.05) is 36.5 Å². The van der Waals surface area contributed by atoms with Gasteiger partial charge in [0.05, 0.1) is 12.3 Å². The van der Waals surface area contributed by atoms with Crippen LogP contribution < -0.4 is 22.1 Å². The summed E-state index contributed by atoms with van der Waals surface area (Å²) in [6, 6.07) is 9.37. The van der Waals surface area contributed by atoms with Crippen LogP contribution in [0.25, 0.3) is 0 Å². The predicted octanol–water partition coefficient (Wildman–Crippen LogP) is 3.16. The van der Waals surface area contributed by atoms with Gasteiger partial charge in [0.2, 0.25) is 5.96 Å². The number of fused-ring (bicyclic) bond motifs is 1. The fourth-order valence-electron chi connectivity index (χ4n) is 4.32. The monoisotopic (exact) mass is 430 g/mol. The number of guanidine groups is 1. The standard InChI is InChI=1S/C23H26N8O/c24-10-17-19(26)18-20(29-23(28-13-25)31-22(18)30-21(17)27)16-8-6-15(7-9-16)12-32-11-14-4-2-1-3-5-14/h6-9,14,20H,1-5,11-12H2,(H6,26,27,28,29,30,31). The summed E-state index contributed by atoms with van der Waals surface area (Å²) in [5, 5.41) is 23.9. The quantitative estimate of drug-likeness (QED) is 0.416. The molecule has 1 saturated carbocycles. The average molecular weight is 431 g/mol. The number of ether oxygens (including phenoxy) is 1. The minimum atomic E-state index is -0.542. The van der Waals surface area contributed by atoms with Crippen molar-refractivity contribution in [3.63, 3.8) is 0 Å². The van der Waals surface area contributed by atoms with Crippen LogP contribution in [0.4, 0.5) is 17.3 Å². The number of aliphatic imine (C=N–C) groups is 1. The highest BCUT2D eigenvalue weighted by Crippen LogP contribution is 2.40. The lowest BCUT2D eigenvalue weighted by molar-refractivity contribution is 0.0739. The van der Waals surface area contributed by atoms with E-state index in [0.29, 0.717) is 23.9 Å². The maximum Gasteiger partial charge on any atom is 0.211 e. The van der Waals surface area contributed by atoms with Crippen molar-refractivity contribution in [1.82, 2.24) is 10.3 Å². The smallest absolute Gasteiger partial charge is 0.211 e. The van der Waals surface area contributed by atoms with Gasteiger partial charge in [-0.25, -0.2) is 9.98 Å². The molecule has 1 atom stereocenters. The number of anilines is 3.